The summed E-state index contributed by atoms with van der Waals surface area (Å²) in [7, 11) is 0. The summed E-state index contributed by atoms with van der Waals surface area (Å²) in [6, 6.07) is 9.85. The van der Waals surface area contributed by atoms with Crippen LogP contribution in [0, 0.1) is 0 Å². The van der Waals surface area contributed by atoms with Crippen molar-refractivity contribution in [1.82, 2.24) is 9.47 Å². The highest BCUT2D eigenvalue weighted by Crippen LogP contribution is 2.25. The maximum absolute atomic E-state index is 11.9. The van der Waals surface area contributed by atoms with E-state index in [-0.39, 0.29) is 5.91 Å². The molecule has 2 N–H and O–H groups in total. The van der Waals surface area contributed by atoms with Gasteiger partial charge in [-0.2, -0.15) is 0 Å². The molecule has 1 amide bonds. The Balaban J connectivity index is 1.90. The van der Waals surface area contributed by atoms with Gasteiger partial charge in [-0.05, 0) is 36.9 Å². The number of piperazine rings is 1. The van der Waals surface area contributed by atoms with Gasteiger partial charge in [-0.15, -0.1) is 0 Å². The number of amides is 1. The number of hydrogen-bond acceptors (Lipinski definition) is 3. The maximum Gasteiger partial charge on any atom is 0.250 e. The smallest absolute Gasteiger partial charge is 0.250 e. The van der Waals surface area contributed by atoms with Crippen molar-refractivity contribution in [3.8, 4) is 5.69 Å². The van der Waals surface area contributed by atoms with Crippen LogP contribution in [0.3, 0.4) is 0 Å². The number of carbonyl (C=O) groups excluding carboxylic acids is 1. The summed E-state index contributed by atoms with van der Waals surface area (Å²) in [5.74, 6) is -0.373. The normalized spacial score (nSPS) is 16.0. The van der Waals surface area contributed by atoms with E-state index in [9.17, 15) is 4.79 Å². The van der Waals surface area contributed by atoms with Gasteiger partial charge in [0, 0.05) is 49.9 Å². The standard InChI is InChI=1S/C17H22N4O/c1-2-19-9-11-21(12-10-19)16-6-5-14(13-15(16)17(18)22)20-7-3-4-8-20/h3-8,13H,2,9-12H2,1H3,(H2,18,22). The fourth-order valence-corrected chi connectivity index (χ4v) is 2.97. The van der Waals surface area contributed by atoms with Crippen LogP contribution in [0.2, 0.25) is 0 Å². The summed E-state index contributed by atoms with van der Waals surface area (Å²) in [5.41, 5.74) is 8.10. The molecule has 1 aliphatic heterocycles. The van der Waals surface area contributed by atoms with Crippen LogP contribution in [0.25, 0.3) is 5.69 Å². The number of aromatic nitrogens is 1. The molecule has 1 aromatic carbocycles. The minimum absolute atomic E-state index is 0.373. The second-order valence-corrected chi connectivity index (χ2v) is 5.58. The average Bonchev–Trinajstić information content (AvgIpc) is 3.09. The lowest BCUT2D eigenvalue weighted by Gasteiger charge is -2.36. The Kier molecular flexibility index (Phi) is 4.15. The van der Waals surface area contributed by atoms with Crippen molar-refractivity contribution in [1.29, 1.82) is 0 Å². The summed E-state index contributed by atoms with van der Waals surface area (Å²) in [6.45, 7) is 7.15. The number of nitrogens with two attached hydrogens (primary N) is 1. The zero-order chi connectivity index (χ0) is 15.5. The van der Waals surface area contributed by atoms with Crippen LogP contribution in [-0.2, 0) is 0 Å². The van der Waals surface area contributed by atoms with E-state index in [1.807, 2.05) is 47.3 Å². The lowest BCUT2D eigenvalue weighted by atomic mass is 10.1. The van der Waals surface area contributed by atoms with Gasteiger partial charge in [-0.3, -0.25) is 4.79 Å². The lowest BCUT2D eigenvalue weighted by molar-refractivity contribution is 0.100. The van der Waals surface area contributed by atoms with Gasteiger partial charge in [0.15, 0.2) is 0 Å². The lowest BCUT2D eigenvalue weighted by Crippen LogP contribution is -2.46. The maximum atomic E-state index is 11.9. The number of likely N-dealkylation sites (N-methyl/N-ethyl adjacent to an activating group) is 1. The van der Waals surface area contributed by atoms with Crippen LogP contribution in [-0.4, -0.2) is 48.1 Å². The number of primary amides is 1. The van der Waals surface area contributed by atoms with Crippen molar-refractivity contribution >= 4 is 11.6 Å². The highest BCUT2D eigenvalue weighted by Gasteiger charge is 2.20. The van der Waals surface area contributed by atoms with Crippen LogP contribution in [0.5, 0.6) is 0 Å². The van der Waals surface area contributed by atoms with Gasteiger partial charge >= 0.3 is 0 Å². The molecule has 0 unspecified atom stereocenters. The number of benzene rings is 1. The van der Waals surface area contributed by atoms with Crippen LogP contribution in [0.4, 0.5) is 5.69 Å². The van der Waals surface area contributed by atoms with Gasteiger partial charge in [0.2, 0.25) is 0 Å². The fourth-order valence-electron chi connectivity index (χ4n) is 2.97. The van der Waals surface area contributed by atoms with Crippen LogP contribution in [0.15, 0.2) is 42.7 Å². The highest BCUT2D eigenvalue weighted by molar-refractivity contribution is 5.99. The first kappa shape index (κ1) is 14.7. The van der Waals surface area contributed by atoms with Gasteiger partial charge in [-0.1, -0.05) is 6.92 Å². The van der Waals surface area contributed by atoms with Gasteiger partial charge in [0.25, 0.3) is 5.91 Å². The summed E-state index contributed by atoms with van der Waals surface area (Å²) in [4.78, 5) is 16.5. The van der Waals surface area contributed by atoms with E-state index in [2.05, 4.69) is 16.7 Å². The van der Waals surface area contributed by atoms with Crippen LogP contribution in [0.1, 0.15) is 17.3 Å². The zero-order valence-corrected chi connectivity index (χ0v) is 12.9. The Morgan fingerprint density at radius 3 is 2.41 bits per heavy atom. The second-order valence-electron chi connectivity index (χ2n) is 5.58. The first-order valence-electron chi connectivity index (χ1n) is 7.73. The topological polar surface area (TPSA) is 54.5 Å². The molecule has 1 saturated heterocycles. The predicted molar refractivity (Wildman–Crippen MR) is 88.6 cm³/mol. The van der Waals surface area contributed by atoms with Crippen molar-refractivity contribution in [2.75, 3.05) is 37.6 Å². The number of carbonyl (C=O) groups is 1. The fraction of sp³-hybridized carbons (Fsp3) is 0.353. The molecule has 0 aliphatic carbocycles. The summed E-state index contributed by atoms with van der Waals surface area (Å²) in [6.07, 6.45) is 3.92. The Morgan fingerprint density at radius 2 is 1.82 bits per heavy atom. The molecule has 3 rings (SSSR count). The molecule has 1 aromatic heterocycles. The van der Waals surface area contributed by atoms with Crippen molar-refractivity contribution in [3.05, 3.63) is 48.3 Å². The number of nitrogens with zero attached hydrogens (tertiary/aromatic N) is 3. The third kappa shape index (κ3) is 2.85. The van der Waals surface area contributed by atoms with E-state index in [4.69, 9.17) is 5.73 Å². The van der Waals surface area contributed by atoms with E-state index >= 15 is 0 Å². The molecule has 5 heteroatoms. The molecule has 22 heavy (non-hydrogen) atoms. The molecular weight excluding hydrogens is 276 g/mol. The molecule has 0 atom stereocenters. The Bertz CT molecular complexity index is 643. The molecule has 2 aromatic rings. The minimum atomic E-state index is -0.373. The van der Waals surface area contributed by atoms with Gasteiger partial charge in [0.1, 0.15) is 0 Å². The number of anilines is 1. The van der Waals surface area contributed by atoms with E-state index in [1.165, 1.54) is 0 Å². The molecule has 116 valence electrons. The first-order valence-corrected chi connectivity index (χ1v) is 7.73. The molecule has 0 radical (unpaired) electrons. The Hall–Kier alpha value is -2.27. The quantitative estimate of drug-likeness (QED) is 0.935. The van der Waals surface area contributed by atoms with Gasteiger partial charge in [0.05, 0.1) is 5.56 Å². The largest absolute Gasteiger partial charge is 0.368 e. The van der Waals surface area contributed by atoms with E-state index in [0.29, 0.717) is 5.56 Å². The molecule has 0 saturated carbocycles. The number of rotatable bonds is 4. The van der Waals surface area contributed by atoms with Crippen molar-refractivity contribution in [3.63, 3.8) is 0 Å². The Morgan fingerprint density at radius 1 is 1.14 bits per heavy atom. The molecule has 2 heterocycles. The van der Waals surface area contributed by atoms with Crippen LogP contribution >= 0.6 is 0 Å². The van der Waals surface area contributed by atoms with Gasteiger partial charge < -0.3 is 20.1 Å². The van der Waals surface area contributed by atoms with Crippen molar-refractivity contribution < 1.29 is 4.79 Å². The molecule has 1 fully saturated rings. The Labute approximate surface area is 130 Å². The predicted octanol–water partition coefficient (Wildman–Crippen LogP) is 1.72. The number of hydrogen-bond donors (Lipinski definition) is 1. The average molecular weight is 298 g/mol. The van der Waals surface area contributed by atoms with Crippen molar-refractivity contribution in [2.45, 2.75) is 6.92 Å². The SMILES string of the molecule is CCN1CCN(c2ccc(-n3cccc3)cc2C(N)=O)CC1. The minimum Gasteiger partial charge on any atom is -0.368 e. The summed E-state index contributed by atoms with van der Waals surface area (Å²) >= 11 is 0. The van der Waals surface area contributed by atoms with E-state index < -0.39 is 0 Å². The zero-order valence-electron chi connectivity index (χ0n) is 12.9. The summed E-state index contributed by atoms with van der Waals surface area (Å²) < 4.78 is 1.98. The molecule has 0 bridgehead atoms. The highest BCUT2D eigenvalue weighted by atomic mass is 16.1. The molecule has 5 nitrogen and oxygen atoms in total. The monoisotopic (exact) mass is 298 g/mol. The van der Waals surface area contributed by atoms with Gasteiger partial charge in [-0.25, -0.2) is 0 Å². The first-order chi connectivity index (χ1) is 10.7. The third-order valence-corrected chi connectivity index (χ3v) is 4.31. The van der Waals surface area contributed by atoms with Crippen molar-refractivity contribution in [2.24, 2.45) is 5.73 Å². The van der Waals surface area contributed by atoms with E-state index in [0.717, 1.165) is 44.1 Å². The molecule has 1 aliphatic rings. The van der Waals surface area contributed by atoms with Crippen LogP contribution < -0.4 is 10.6 Å². The third-order valence-electron chi connectivity index (χ3n) is 4.31. The molecular formula is C17H22N4O. The molecule has 0 spiro atoms. The summed E-state index contributed by atoms with van der Waals surface area (Å²) in [5, 5.41) is 0. The second kappa shape index (κ2) is 6.23. The van der Waals surface area contributed by atoms with E-state index in [1.54, 1.807) is 0 Å².